The van der Waals surface area contributed by atoms with Crippen molar-refractivity contribution in [2.45, 2.75) is 52.7 Å². The van der Waals surface area contributed by atoms with Gasteiger partial charge in [0.2, 0.25) is 5.91 Å². The highest BCUT2D eigenvalue weighted by Gasteiger charge is 2.23. The van der Waals surface area contributed by atoms with E-state index in [9.17, 15) is 4.79 Å². The molecule has 2 aromatic rings. The summed E-state index contributed by atoms with van der Waals surface area (Å²) in [5.41, 5.74) is 0.965. The molecule has 1 aliphatic heterocycles. The molecule has 0 saturated carbocycles. The molecule has 0 spiro atoms. The summed E-state index contributed by atoms with van der Waals surface area (Å²) in [6, 6.07) is -0.0732. The Morgan fingerprint density at radius 1 is 1.32 bits per heavy atom. The summed E-state index contributed by atoms with van der Waals surface area (Å²) in [6.45, 7) is 9.03. The van der Waals surface area contributed by atoms with E-state index in [-0.39, 0.29) is 18.5 Å². The van der Waals surface area contributed by atoms with Crippen LogP contribution >= 0.6 is 11.3 Å². The maximum atomic E-state index is 12.7. The number of hydrogen-bond donors (Lipinski definition) is 0. The highest BCUT2D eigenvalue weighted by molar-refractivity contribution is 7.11. The van der Waals surface area contributed by atoms with Crippen molar-refractivity contribution in [3.8, 4) is 0 Å². The Balaban J connectivity index is 1.65. The van der Waals surface area contributed by atoms with Crippen molar-refractivity contribution >= 4 is 17.2 Å². The van der Waals surface area contributed by atoms with Crippen molar-refractivity contribution in [3.05, 3.63) is 21.4 Å². The number of tetrazole rings is 1. The first-order valence-corrected chi connectivity index (χ1v) is 9.44. The minimum absolute atomic E-state index is 0.0208. The maximum Gasteiger partial charge on any atom is 0.244 e. The number of thiazole rings is 1. The SMILES string of the molecule is Cc1nc([C@@H](C)N(C)C(=O)Cn2nnnc2CN2CCCC2)c(C)s1. The molecule has 0 N–H and O–H groups in total. The van der Waals surface area contributed by atoms with Crippen molar-refractivity contribution in [2.24, 2.45) is 0 Å². The molecule has 1 saturated heterocycles. The normalized spacial score (nSPS) is 16.3. The Morgan fingerprint density at radius 3 is 2.68 bits per heavy atom. The van der Waals surface area contributed by atoms with Crippen LogP contribution in [0.15, 0.2) is 0 Å². The molecule has 0 aromatic carbocycles. The van der Waals surface area contributed by atoms with Gasteiger partial charge in [-0.1, -0.05) is 0 Å². The lowest BCUT2D eigenvalue weighted by Gasteiger charge is -2.24. The number of likely N-dealkylation sites (tertiary alicyclic amines) is 1. The third-order valence-electron chi connectivity index (χ3n) is 4.76. The molecule has 3 rings (SSSR count). The second kappa shape index (κ2) is 7.57. The zero-order chi connectivity index (χ0) is 18.0. The standard InChI is InChI=1S/C16H25N7OS/c1-11(16-12(2)25-13(3)17-16)21(4)15(24)10-23-14(18-19-20-23)9-22-7-5-6-8-22/h11H,5-10H2,1-4H3/t11-/m1/s1. The molecule has 0 unspecified atom stereocenters. The van der Waals surface area contributed by atoms with E-state index >= 15 is 0 Å². The summed E-state index contributed by atoms with van der Waals surface area (Å²) < 4.78 is 1.61. The number of carbonyl (C=O) groups excluding carboxylic acids is 1. The van der Waals surface area contributed by atoms with Crippen LogP contribution in [-0.2, 0) is 17.9 Å². The lowest BCUT2D eigenvalue weighted by Crippen LogP contribution is -2.34. The molecular formula is C16H25N7OS. The lowest BCUT2D eigenvalue weighted by atomic mass is 10.2. The third kappa shape index (κ3) is 4.04. The Bertz CT molecular complexity index is 735. The maximum absolute atomic E-state index is 12.7. The van der Waals surface area contributed by atoms with Gasteiger partial charge < -0.3 is 4.90 Å². The van der Waals surface area contributed by atoms with E-state index in [4.69, 9.17) is 0 Å². The monoisotopic (exact) mass is 363 g/mol. The van der Waals surface area contributed by atoms with Crippen molar-refractivity contribution in [2.75, 3.05) is 20.1 Å². The average Bonchev–Trinajstić information content (AvgIpc) is 3.30. The summed E-state index contributed by atoms with van der Waals surface area (Å²) in [4.78, 5) is 22.5. The molecule has 2 aromatic heterocycles. The van der Waals surface area contributed by atoms with Crippen molar-refractivity contribution in [1.29, 1.82) is 0 Å². The number of nitrogens with zero attached hydrogens (tertiary/aromatic N) is 7. The topological polar surface area (TPSA) is 80.0 Å². The van der Waals surface area contributed by atoms with Crippen LogP contribution in [0.2, 0.25) is 0 Å². The van der Waals surface area contributed by atoms with Gasteiger partial charge in [0.15, 0.2) is 5.82 Å². The van der Waals surface area contributed by atoms with Crippen molar-refractivity contribution in [1.82, 2.24) is 35.0 Å². The predicted molar refractivity (Wildman–Crippen MR) is 95.1 cm³/mol. The smallest absolute Gasteiger partial charge is 0.244 e. The van der Waals surface area contributed by atoms with E-state index in [1.54, 1.807) is 20.9 Å². The second-order valence-electron chi connectivity index (χ2n) is 6.59. The Morgan fingerprint density at radius 2 is 2.04 bits per heavy atom. The zero-order valence-electron chi connectivity index (χ0n) is 15.3. The number of amides is 1. The first-order valence-electron chi connectivity index (χ1n) is 8.62. The van der Waals surface area contributed by atoms with Gasteiger partial charge in [0.1, 0.15) is 6.54 Å². The van der Waals surface area contributed by atoms with E-state index < -0.39 is 0 Å². The van der Waals surface area contributed by atoms with Gasteiger partial charge in [-0.25, -0.2) is 9.67 Å². The quantitative estimate of drug-likeness (QED) is 0.775. The first-order chi connectivity index (χ1) is 12.0. The predicted octanol–water partition coefficient (Wildman–Crippen LogP) is 1.56. The second-order valence-corrected chi connectivity index (χ2v) is 8.00. The third-order valence-corrected chi connectivity index (χ3v) is 5.67. The van der Waals surface area contributed by atoms with Gasteiger partial charge in [-0.2, -0.15) is 0 Å². The molecule has 1 amide bonds. The fourth-order valence-electron chi connectivity index (χ4n) is 3.17. The number of likely N-dealkylation sites (N-methyl/N-ethyl adjacent to an activating group) is 1. The van der Waals surface area contributed by atoms with Gasteiger partial charge in [-0.05, 0) is 57.1 Å². The van der Waals surface area contributed by atoms with Crippen molar-refractivity contribution < 1.29 is 4.79 Å². The van der Waals surface area contributed by atoms with Crippen LogP contribution in [0.3, 0.4) is 0 Å². The molecule has 3 heterocycles. The van der Waals surface area contributed by atoms with Crippen LogP contribution in [0.1, 0.15) is 47.2 Å². The zero-order valence-corrected chi connectivity index (χ0v) is 16.1. The van der Waals surface area contributed by atoms with E-state index in [1.165, 1.54) is 12.8 Å². The van der Waals surface area contributed by atoms with Crippen molar-refractivity contribution in [3.63, 3.8) is 0 Å². The van der Waals surface area contributed by atoms with Crippen LogP contribution in [-0.4, -0.2) is 61.0 Å². The van der Waals surface area contributed by atoms with Gasteiger partial charge in [-0.15, -0.1) is 16.4 Å². The Kier molecular flexibility index (Phi) is 5.43. The molecule has 0 aliphatic carbocycles. The van der Waals surface area contributed by atoms with Crippen LogP contribution in [0.25, 0.3) is 0 Å². The summed E-state index contributed by atoms with van der Waals surface area (Å²) in [6.07, 6.45) is 2.43. The molecule has 1 fully saturated rings. The molecule has 0 radical (unpaired) electrons. The van der Waals surface area contributed by atoms with E-state index in [1.807, 2.05) is 27.8 Å². The highest BCUT2D eigenvalue weighted by atomic mass is 32.1. The molecule has 0 bridgehead atoms. The Hall–Kier alpha value is -1.87. The summed E-state index contributed by atoms with van der Waals surface area (Å²) in [7, 11) is 1.81. The van der Waals surface area contributed by atoms with E-state index in [0.717, 1.165) is 34.5 Å². The summed E-state index contributed by atoms with van der Waals surface area (Å²) in [5, 5.41) is 12.9. The van der Waals surface area contributed by atoms with E-state index in [2.05, 4.69) is 25.4 Å². The highest BCUT2D eigenvalue weighted by Crippen LogP contribution is 2.26. The van der Waals surface area contributed by atoms with Gasteiger partial charge >= 0.3 is 0 Å². The molecule has 1 atom stereocenters. The number of hydrogen-bond acceptors (Lipinski definition) is 7. The van der Waals surface area contributed by atoms with Gasteiger partial charge in [0.05, 0.1) is 23.3 Å². The fraction of sp³-hybridized carbons (Fsp3) is 0.688. The van der Waals surface area contributed by atoms with Gasteiger partial charge in [0.25, 0.3) is 0 Å². The molecule has 8 nitrogen and oxygen atoms in total. The minimum Gasteiger partial charge on any atom is -0.336 e. The summed E-state index contributed by atoms with van der Waals surface area (Å²) in [5.74, 6) is 0.726. The number of rotatable bonds is 6. The average molecular weight is 363 g/mol. The Labute approximate surface area is 151 Å². The minimum atomic E-state index is -0.0732. The van der Waals surface area contributed by atoms with Gasteiger partial charge in [-0.3, -0.25) is 9.69 Å². The largest absolute Gasteiger partial charge is 0.336 e. The van der Waals surface area contributed by atoms with Crippen LogP contribution in [0, 0.1) is 13.8 Å². The molecular weight excluding hydrogens is 338 g/mol. The van der Waals surface area contributed by atoms with Crippen LogP contribution < -0.4 is 0 Å². The molecule has 9 heteroatoms. The number of aryl methyl sites for hydroxylation is 2. The molecule has 136 valence electrons. The number of carbonyl (C=O) groups is 1. The van der Waals surface area contributed by atoms with Crippen LogP contribution in [0.4, 0.5) is 0 Å². The first kappa shape index (κ1) is 17.9. The summed E-state index contributed by atoms with van der Waals surface area (Å²) >= 11 is 1.66. The van der Waals surface area contributed by atoms with Crippen LogP contribution in [0.5, 0.6) is 0 Å². The lowest BCUT2D eigenvalue weighted by molar-refractivity contribution is -0.132. The molecule has 1 aliphatic rings. The van der Waals surface area contributed by atoms with E-state index in [0.29, 0.717) is 6.54 Å². The fourth-order valence-corrected chi connectivity index (χ4v) is 4.08. The molecule has 25 heavy (non-hydrogen) atoms. The number of aromatic nitrogens is 5. The van der Waals surface area contributed by atoms with Gasteiger partial charge in [0, 0.05) is 11.9 Å².